The quantitative estimate of drug-likeness (QED) is 0.692. The largest absolute Gasteiger partial charge is 0.378 e. The fourth-order valence-electron chi connectivity index (χ4n) is 2.14. The van der Waals surface area contributed by atoms with Crippen LogP contribution in [0.5, 0.6) is 0 Å². The van der Waals surface area contributed by atoms with Gasteiger partial charge in [0.25, 0.3) is 0 Å². The van der Waals surface area contributed by atoms with Crippen LogP contribution in [0.15, 0.2) is 0 Å². The molecule has 2 aliphatic rings. The Morgan fingerprint density at radius 1 is 1.54 bits per heavy atom. The number of morpholine rings is 1. The van der Waals surface area contributed by atoms with Gasteiger partial charge in [-0.05, 0) is 12.2 Å². The molecule has 2 N–H and O–H groups in total. The molecule has 0 aromatic heterocycles. The number of nitrogens with two attached hydrogens (primary N) is 1. The van der Waals surface area contributed by atoms with Crippen molar-refractivity contribution in [3.63, 3.8) is 0 Å². The average Bonchev–Trinajstić information content (AvgIpc) is 2.70. The predicted molar refractivity (Wildman–Crippen MR) is 56.1 cm³/mol. The van der Waals surface area contributed by atoms with Crippen LogP contribution in [0.4, 0.5) is 0 Å². The van der Waals surface area contributed by atoms with Gasteiger partial charge in [0.05, 0.1) is 13.2 Å². The third kappa shape index (κ3) is 2.18. The minimum absolute atomic E-state index is 0.470. The Balaban J connectivity index is 1.93. The Morgan fingerprint density at radius 2 is 2.46 bits per heavy atom. The highest BCUT2D eigenvalue weighted by Crippen LogP contribution is 2.24. The van der Waals surface area contributed by atoms with Crippen molar-refractivity contribution in [3.8, 4) is 0 Å². The van der Waals surface area contributed by atoms with Gasteiger partial charge >= 0.3 is 0 Å². The maximum absolute atomic E-state index is 5.73. The molecule has 3 nitrogen and oxygen atoms in total. The van der Waals surface area contributed by atoms with Crippen LogP contribution < -0.4 is 5.73 Å². The molecule has 0 amide bonds. The average molecular weight is 202 g/mol. The van der Waals surface area contributed by atoms with Gasteiger partial charge in [0.1, 0.15) is 0 Å². The lowest BCUT2D eigenvalue weighted by atomic mass is 10.1. The van der Waals surface area contributed by atoms with E-state index >= 15 is 0 Å². The van der Waals surface area contributed by atoms with Crippen molar-refractivity contribution in [2.24, 2.45) is 5.73 Å². The van der Waals surface area contributed by atoms with Gasteiger partial charge in [-0.3, -0.25) is 4.90 Å². The zero-order valence-corrected chi connectivity index (χ0v) is 8.76. The topological polar surface area (TPSA) is 38.5 Å². The van der Waals surface area contributed by atoms with Crippen molar-refractivity contribution >= 4 is 11.8 Å². The summed E-state index contributed by atoms with van der Waals surface area (Å²) in [4.78, 5) is 2.56. The van der Waals surface area contributed by atoms with E-state index in [-0.39, 0.29) is 0 Å². The summed E-state index contributed by atoms with van der Waals surface area (Å²) in [7, 11) is 0. The Kier molecular flexibility index (Phi) is 3.49. The molecule has 2 saturated heterocycles. The minimum atomic E-state index is 0.470. The molecule has 0 aromatic rings. The first-order valence-electron chi connectivity index (χ1n) is 5.03. The number of rotatable bonds is 2. The van der Waals surface area contributed by atoms with Crippen molar-refractivity contribution < 1.29 is 4.74 Å². The maximum atomic E-state index is 5.73. The molecule has 0 aromatic carbocycles. The first kappa shape index (κ1) is 9.77. The smallest absolute Gasteiger partial charge is 0.0634 e. The molecule has 13 heavy (non-hydrogen) atoms. The SMILES string of the molecule is NCC1COCCN1C1CCSC1. The number of ether oxygens (including phenoxy) is 1. The Hall–Kier alpha value is 0.230. The van der Waals surface area contributed by atoms with Crippen molar-refractivity contribution in [1.29, 1.82) is 0 Å². The zero-order valence-electron chi connectivity index (χ0n) is 7.95. The molecule has 2 rings (SSSR count). The van der Waals surface area contributed by atoms with E-state index in [0.717, 1.165) is 32.3 Å². The Labute approximate surface area is 84.0 Å². The van der Waals surface area contributed by atoms with Gasteiger partial charge in [-0.25, -0.2) is 0 Å². The molecular weight excluding hydrogens is 184 g/mol. The second-order valence-electron chi connectivity index (χ2n) is 3.72. The summed E-state index contributed by atoms with van der Waals surface area (Å²) in [6.45, 7) is 3.53. The lowest BCUT2D eigenvalue weighted by Gasteiger charge is -2.38. The molecule has 76 valence electrons. The molecule has 2 aliphatic heterocycles. The van der Waals surface area contributed by atoms with E-state index in [4.69, 9.17) is 10.5 Å². The van der Waals surface area contributed by atoms with Crippen molar-refractivity contribution in [1.82, 2.24) is 4.90 Å². The van der Waals surface area contributed by atoms with Crippen molar-refractivity contribution in [2.45, 2.75) is 18.5 Å². The summed E-state index contributed by atoms with van der Waals surface area (Å²) in [6, 6.07) is 1.24. The van der Waals surface area contributed by atoms with Crippen LogP contribution in [-0.2, 0) is 4.74 Å². The number of hydrogen-bond donors (Lipinski definition) is 1. The normalized spacial score (nSPS) is 36.7. The molecule has 2 heterocycles. The molecule has 0 bridgehead atoms. The van der Waals surface area contributed by atoms with Crippen LogP contribution in [0.25, 0.3) is 0 Å². The van der Waals surface area contributed by atoms with E-state index in [9.17, 15) is 0 Å². The van der Waals surface area contributed by atoms with Crippen LogP contribution in [0, 0.1) is 0 Å². The lowest BCUT2D eigenvalue weighted by Crippen LogP contribution is -2.53. The highest BCUT2D eigenvalue weighted by molar-refractivity contribution is 7.99. The minimum Gasteiger partial charge on any atom is -0.378 e. The fraction of sp³-hybridized carbons (Fsp3) is 1.00. The van der Waals surface area contributed by atoms with E-state index in [0.29, 0.717) is 6.04 Å². The first-order valence-corrected chi connectivity index (χ1v) is 6.18. The van der Waals surface area contributed by atoms with Gasteiger partial charge in [0, 0.05) is 30.9 Å². The zero-order chi connectivity index (χ0) is 9.10. The van der Waals surface area contributed by atoms with Crippen LogP contribution >= 0.6 is 11.8 Å². The summed E-state index contributed by atoms with van der Waals surface area (Å²) in [6.07, 6.45) is 1.33. The molecule has 2 fully saturated rings. The molecular formula is C9H18N2OS. The maximum Gasteiger partial charge on any atom is 0.0634 e. The molecule has 4 heteroatoms. The number of nitrogens with zero attached hydrogens (tertiary/aromatic N) is 1. The summed E-state index contributed by atoms with van der Waals surface area (Å²) in [5.74, 6) is 2.61. The molecule has 0 saturated carbocycles. The van der Waals surface area contributed by atoms with Gasteiger partial charge in [-0.1, -0.05) is 0 Å². The van der Waals surface area contributed by atoms with E-state index in [1.807, 2.05) is 0 Å². The second-order valence-corrected chi connectivity index (χ2v) is 4.87. The van der Waals surface area contributed by atoms with Crippen LogP contribution in [-0.4, -0.2) is 54.8 Å². The Bertz CT molecular complexity index is 160. The summed E-state index contributed by atoms with van der Waals surface area (Å²) in [5, 5.41) is 0. The van der Waals surface area contributed by atoms with E-state index in [1.54, 1.807) is 0 Å². The summed E-state index contributed by atoms with van der Waals surface area (Å²) in [5.41, 5.74) is 5.73. The van der Waals surface area contributed by atoms with E-state index in [2.05, 4.69) is 16.7 Å². The van der Waals surface area contributed by atoms with Crippen molar-refractivity contribution in [3.05, 3.63) is 0 Å². The van der Waals surface area contributed by atoms with Crippen LogP contribution in [0.1, 0.15) is 6.42 Å². The van der Waals surface area contributed by atoms with Gasteiger partial charge in [0.15, 0.2) is 0 Å². The van der Waals surface area contributed by atoms with Crippen molar-refractivity contribution in [2.75, 3.05) is 37.8 Å². The van der Waals surface area contributed by atoms with E-state index in [1.165, 1.54) is 17.9 Å². The molecule has 2 atom stereocenters. The summed E-state index contributed by atoms with van der Waals surface area (Å²) < 4.78 is 5.43. The Morgan fingerprint density at radius 3 is 3.15 bits per heavy atom. The van der Waals surface area contributed by atoms with Gasteiger partial charge in [-0.15, -0.1) is 0 Å². The number of thioether (sulfide) groups is 1. The van der Waals surface area contributed by atoms with Gasteiger partial charge in [0.2, 0.25) is 0 Å². The molecule has 0 spiro atoms. The van der Waals surface area contributed by atoms with Crippen LogP contribution in [0.3, 0.4) is 0 Å². The third-order valence-corrected chi connectivity index (χ3v) is 4.06. The fourth-order valence-corrected chi connectivity index (χ4v) is 3.37. The predicted octanol–water partition coefficient (Wildman–Crippen LogP) is 0.151. The number of hydrogen-bond acceptors (Lipinski definition) is 4. The van der Waals surface area contributed by atoms with Gasteiger partial charge in [-0.2, -0.15) is 11.8 Å². The second kappa shape index (κ2) is 4.64. The lowest BCUT2D eigenvalue weighted by molar-refractivity contribution is -0.0203. The van der Waals surface area contributed by atoms with E-state index < -0.39 is 0 Å². The highest BCUT2D eigenvalue weighted by Gasteiger charge is 2.30. The first-order chi connectivity index (χ1) is 6.42. The standard InChI is InChI=1S/C9H18N2OS/c10-5-9-6-12-3-2-11(9)8-1-4-13-7-8/h8-9H,1-7,10H2. The van der Waals surface area contributed by atoms with Crippen LogP contribution in [0.2, 0.25) is 0 Å². The third-order valence-electron chi connectivity index (χ3n) is 2.92. The monoisotopic (exact) mass is 202 g/mol. The van der Waals surface area contributed by atoms with Gasteiger partial charge < -0.3 is 10.5 Å². The molecule has 2 unspecified atom stereocenters. The highest BCUT2D eigenvalue weighted by atomic mass is 32.2. The summed E-state index contributed by atoms with van der Waals surface area (Å²) >= 11 is 2.07. The molecule has 0 radical (unpaired) electrons. The molecule has 0 aliphatic carbocycles.